The van der Waals surface area contributed by atoms with Gasteiger partial charge >= 0.3 is 0 Å². The molecule has 1 aliphatic heterocycles. The van der Waals surface area contributed by atoms with Crippen LogP contribution in [0, 0.1) is 5.92 Å². The minimum Gasteiger partial charge on any atom is -0.350 e. The Hall–Kier alpha value is -1.39. The van der Waals surface area contributed by atoms with Gasteiger partial charge in [-0.1, -0.05) is 25.4 Å². The first-order valence-electron chi connectivity index (χ1n) is 7.41. The maximum absolute atomic E-state index is 6.07. The van der Waals surface area contributed by atoms with Gasteiger partial charge in [0.25, 0.3) is 0 Å². The van der Waals surface area contributed by atoms with Crippen LogP contribution >= 0.6 is 11.6 Å². The standard InChI is InChI=1S/C16H21ClN4/c1-11(2)15-9-20(3)6-7-21(15)16-13-5-4-12(17)8-14(13)18-10-19-16/h4-5,8,10-11,15H,6-7,9H2,1-3H3. The molecule has 2 aromatic rings. The van der Waals surface area contributed by atoms with Gasteiger partial charge in [-0.05, 0) is 31.2 Å². The van der Waals surface area contributed by atoms with Crippen LogP contribution in [0.2, 0.25) is 5.02 Å². The first-order valence-corrected chi connectivity index (χ1v) is 7.79. The first-order chi connectivity index (χ1) is 10.1. The Morgan fingerprint density at radius 3 is 2.81 bits per heavy atom. The molecule has 1 saturated heterocycles. The van der Waals surface area contributed by atoms with Gasteiger partial charge in [0.05, 0.1) is 5.52 Å². The van der Waals surface area contributed by atoms with Crippen LogP contribution in [0.25, 0.3) is 10.9 Å². The van der Waals surface area contributed by atoms with Gasteiger partial charge in [-0.2, -0.15) is 0 Å². The zero-order valence-electron chi connectivity index (χ0n) is 12.8. The quantitative estimate of drug-likeness (QED) is 0.853. The van der Waals surface area contributed by atoms with Crippen LogP contribution in [0.15, 0.2) is 24.5 Å². The van der Waals surface area contributed by atoms with Crippen molar-refractivity contribution in [1.29, 1.82) is 0 Å². The van der Waals surface area contributed by atoms with E-state index in [1.54, 1.807) is 6.33 Å². The van der Waals surface area contributed by atoms with Gasteiger partial charge in [0.15, 0.2) is 0 Å². The summed E-state index contributed by atoms with van der Waals surface area (Å²) in [6.45, 7) is 7.67. The highest BCUT2D eigenvalue weighted by molar-refractivity contribution is 6.31. The third-order valence-corrected chi connectivity index (χ3v) is 4.48. The van der Waals surface area contributed by atoms with Crippen molar-refractivity contribution >= 4 is 28.3 Å². The Bertz CT molecular complexity index is 643. The van der Waals surface area contributed by atoms with Gasteiger partial charge < -0.3 is 9.80 Å². The topological polar surface area (TPSA) is 32.3 Å². The Morgan fingerprint density at radius 2 is 2.05 bits per heavy atom. The third-order valence-electron chi connectivity index (χ3n) is 4.24. The van der Waals surface area contributed by atoms with Gasteiger partial charge in [-0.15, -0.1) is 0 Å². The lowest BCUT2D eigenvalue weighted by Gasteiger charge is -2.43. The van der Waals surface area contributed by atoms with Crippen LogP contribution in [-0.2, 0) is 0 Å². The van der Waals surface area contributed by atoms with Crippen molar-refractivity contribution in [3.8, 4) is 0 Å². The Morgan fingerprint density at radius 1 is 1.24 bits per heavy atom. The molecule has 1 fully saturated rings. The van der Waals surface area contributed by atoms with Crippen molar-refractivity contribution in [3.63, 3.8) is 0 Å². The number of hydrogen-bond donors (Lipinski definition) is 0. The molecule has 0 amide bonds. The first kappa shape index (κ1) is 14.5. The summed E-state index contributed by atoms with van der Waals surface area (Å²) in [4.78, 5) is 13.7. The zero-order chi connectivity index (χ0) is 15.0. The van der Waals surface area contributed by atoms with E-state index < -0.39 is 0 Å². The van der Waals surface area contributed by atoms with Crippen LogP contribution < -0.4 is 4.90 Å². The molecule has 1 aromatic carbocycles. The molecule has 2 heterocycles. The maximum Gasteiger partial charge on any atom is 0.140 e. The molecule has 5 heteroatoms. The number of benzene rings is 1. The van der Waals surface area contributed by atoms with E-state index in [9.17, 15) is 0 Å². The third kappa shape index (κ3) is 2.83. The average molecular weight is 305 g/mol. The summed E-state index contributed by atoms with van der Waals surface area (Å²) in [6.07, 6.45) is 1.64. The predicted molar refractivity (Wildman–Crippen MR) is 88.0 cm³/mol. The Balaban J connectivity index is 2.06. The van der Waals surface area contributed by atoms with E-state index in [0.29, 0.717) is 17.0 Å². The Labute approximate surface area is 130 Å². The molecule has 21 heavy (non-hydrogen) atoms. The largest absolute Gasteiger partial charge is 0.350 e. The van der Waals surface area contributed by atoms with Crippen molar-refractivity contribution in [2.45, 2.75) is 19.9 Å². The molecule has 0 bridgehead atoms. The molecule has 1 aromatic heterocycles. The molecule has 112 valence electrons. The second-order valence-corrected chi connectivity index (χ2v) is 6.56. The predicted octanol–water partition coefficient (Wildman–Crippen LogP) is 3.06. The van der Waals surface area contributed by atoms with Gasteiger partial charge in [0.2, 0.25) is 0 Å². The number of hydrogen-bond acceptors (Lipinski definition) is 4. The van der Waals surface area contributed by atoms with Gasteiger partial charge in [-0.25, -0.2) is 9.97 Å². The number of piperazine rings is 1. The number of aromatic nitrogens is 2. The molecular formula is C16H21ClN4. The van der Waals surface area contributed by atoms with Gasteiger partial charge in [0, 0.05) is 36.1 Å². The van der Waals surface area contributed by atoms with E-state index in [-0.39, 0.29) is 0 Å². The Kier molecular flexibility index (Phi) is 4.00. The van der Waals surface area contributed by atoms with Crippen molar-refractivity contribution in [3.05, 3.63) is 29.5 Å². The number of halogens is 1. The molecule has 0 N–H and O–H groups in total. The highest BCUT2D eigenvalue weighted by atomic mass is 35.5. The number of rotatable bonds is 2. The lowest BCUT2D eigenvalue weighted by molar-refractivity contribution is 0.236. The van der Waals surface area contributed by atoms with Crippen LogP contribution in [0.4, 0.5) is 5.82 Å². The molecule has 1 unspecified atom stereocenters. The van der Waals surface area contributed by atoms with Gasteiger partial charge in [0.1, 0.15) is 12.1 Å². The molecule has 3 rings (SSSR count). The fraction of sp³-hybridized carbons (Fsp3) is 0.500. The van der Waals surface area contributed by atoms with E-state index >= 15 is 0 Å². The second-order valence-electron chi connectivity index (χ2n) is 6.13. The summed E-state index contributed by atoms with van der Waals surface area (Å²) in [6, 6.07) is 6.32. The van der Waals surface area contributed by atoms with Crippen LogP contribution in [0.5, 0.6) is 0 Å². The van der Waals surface area contributed by atoms with Crippen molar-refractivity contribution in [2.24, 2.45) is 5.92 Å². The molecule has 0 aliphatic carbocycles. The van der Waals surface area contributed by atoms with Crippen molar-refractivity contribution in [2.75, 3.05) is 31.6 Å². The minimum atomic E-state index is 0.470. The zero-order valence-corrected chi connectivity index (χ0v) is 13.5. The minimum absolute atomic E-state index is 0.470. The lowest BCUT2D eigenvalue weighted by atomic mass is 9.99. The van der Waals surface area contributed by atoms with Crippen LogP contribution in [0.1, 0.15) is 13.8 Å². The molecule has 1 atom stereocenters. The normalized spacial score (nSPS) is 20.4. The summed E-state index contributed by atoms with van der Waals surface area (Å²) in [5.74, 6) is 1.61. The molecule has 1 aliphatic rings. The van der Waals surface area contributed by atoms with E-state index in [1.807, 2.05) is 18.2 Å². The van der Waals surface area contributed by atoms with Crippen LogP contribution in [0.3, 0.4) is 0 Å². The van der Waals surface area contributed by atoms with Crippen LogP contribution in [-0.4, -0.2) is 47.6 Å². The fourth-order valence-electron chi connectivity index (χ4n) is 3.03. The highest BCUT2D eigenvalue weighted by Gasteiger charge is 2.29. The number of anilines is 1. The maximum atomic E-state index is 6.07. The molecular weight excluding hydrogens is 284 g/mol. The second kappa shape index (κ2) is 5.78. The summed E-state index contributed by atoms with van der Waals surface area (Å²) < 4.78 is 0. The summed E-state index contributed by atoms with van der Waals surface area (Å²) >= 11 is 6.07. The number of fused-ring (bicyclic) bond motifs is 1. The SMILES string of the molecule is CC(C)C1CN(C)CCN1c1ncnc2cc(Cl)ccc12. The molecule has 0 saturated carbocycles. The van der Waals surface area contributed by atoms with E-state index in [1.165, 1.54) is 0 Å². The number of nitrogens with zero attached hydrogens (tertiary/aromatic N) is 4. The number of likely N-dealkylation sites (N-methyl/N-ethyl adjacent to an activating group) is 1. The van der Waals surface area contributed by atoms with Gasteiger partial charge in [-0.3, -0.25) is 0 Å². The fourth-order valence-corrected chi connectivity index (χ4v) is 3.20. The summed E-state index contributed by atoms with van der Waals surface area (Å²) in [5.41, 5.74) is 0.911. The summed E-state index contributed by atoms with van der Waals surface area (Å²) in [5, 5.41) is 1.79. The van der Waals surface area contributed by atoms with Crippen molar-refractivity contribution < 1.29 is 0 Å². The van der Waals surface area contributed by atoms with E-state index in [0.717, 1.165) is 36.4 Å². The molecule has 0 radical (unpaired) electrons. The molecule has 0 spiro atoms. The van der Waals surface area contributed by atoms with E-state index in [2.05, 4.69) is 40.7 Å². The molecule has 4 nitrogen and oxygen atoms in total. The lowest BCUT2D eigenvalue weighted by Crippen LogP contribution is -2.54. The summed E-state index contributed by atoms with van der Waals surface area (Å²) in [7, 11) is 2.19. The highest BCUT2D eigenvalue weighted by Crippen LogP contribution is 2.29. The average Bonchev–Trinajstić information content (AvgIpc) is 2.46. The van der Waals surface area contributed by atoms with Crippen molar-refractivity contribution in [1.82, 2.24) is 14.9 Å². The van der Waals surface area contributed by atoms with E-state index in [4.69, 9.17) is 11.6 Å². The smallest absolute Gasteiger partial charge is 0.140 e. The monoisotopic (exact) mass is 304 g/mol.